The molecular weight excluding hydrogens is 174 g/mol. The second kappa shape index (κ2) is 3.82. The first-order valence-electron chi connectivity index (χ1n) is 6.05. The van der Waals surface area contributed by atoms with Gasteiger partial charge in [-0.1, -0.05) is 13.8 Å². The van der Waals surface area contributed by atoms with E-state index in [4.69, 9.17) is 0 Å². The van der Waals surface area contributed by atoms with Crippen molar-refractivity contribution in [2.75, 3.05) is 0 Å². The average molecular weight is 197 g/mol. The zero-order chi connectivity index (χ0) is 10.3. The topological polar surface area (TPSA) is 23.5 Å². The first-order chi connectivity index (χ1) is 6.59. The van der Waals surface area contributed by atoms with Gasteiger partial charge in [-0.15, -0.1) is 0 Å². The van der Waals surface area contributed by atoms with E-state index in [9.17, 15) is 5.11 Å². The van der Waals surface area contributed by atoms with Gasteiger partial charge in [0.25, 0.3) is 0 Å². The molecule has 2 heterocycles. The molecule has 2 nitrogen and oxygen atoms in total. The molecule has 3 unspecified atom stereocenters. The van der Waals surface area contributed by atoms with Crippen molar-refractivity contribution in [1.82, 2.24) is 4.90 Å². The van der Waals surface area contributed by atoms with Crippen molar-refractivity contribution >= 4 is 0 Å². The van der Waals surface area contributed by atoms with Crippen LogP contribution in [0.15, 0.2) is 0 Å². The molecule has 2 aliphatic rings. The highest BCUT2D eigenvalue weighted by Crippen LogP contribution is 2.38. The van der Waals surface area contributed by atoms with Gasteiger partial charge in [0.1, 0.15) is 0 Å². The normalized spacial score (nSPS) is 40.5. The molecule has 0 aromatic rings. The second-order valence-corrected chi connectivity index (χ2v) is 5.44. The number of fused-ring (bicyclic) bond motifs is 2. The average Bonchev–Trinajstić information content (AvgIpc) is 2.37. The van der Waals surface area contributed by atoms with Crippen molar-refractivity contribution in [3.63, 3.8) is 0 Å². The predicted octanol–water partition coefficient (Wildman–Crippen LogP) is 2.02. The zero-order valence-corrected chi connectivity index (χ0v) is 9.61. The minimum absolute atomic E-state index is 0.0249. The van der Waals surface area contributed by atoms with Crippen LogP contribution in [0.1, 0.15) is 46.5 Å². The number of hydrogen-bond acceptors (Lipinski definition) is 2. The third-order valence-corrected chi connectivity index (χ3v) is 4.20. The minimum atomic E-state index is -0.0249. The van der Waals surface area contributed by atoms with Crippen LogP contribution in [0.5, 0.6) is 0 Å². The summed E-state index contributed by atoms with van der Waals surface area (Å²) in [4.78, 5) is 2.68. The molecule has 14 heavy (non-hydrogen) atoms. The zero-order valence-electron chi connectivity index (χ0n) is 9.61. The first kappa shape index (κ1) is 10.4. The molecule has 0 radical (unpaired) electrons. The lowest BCUT2D eigenvalue weighted by molar-refractivity contribution is 0.00344. The number of rotatable bonds is 2. The Morgan fingerprint density at radius 3 is 2.00 bits per heavy atom. The molecule has 3 atom stereocenters. The summed E-state index contributed by atoms with van der Waals surface area (Å²) in [5.41, 5.74) is 0. The van der Waals surface area contributed by atoms with Crippen molar-refractivity contribution in [2.45, 2.75) is 70.7 Å². The minimum Gasteiger partial charge on any atom is -0.393 e. The van der Waals surface area contributed by atoms with E-state index >= 15 is 0 Å². The lowest BCUT2D eigenvalue weighted by Crippen LogP contribution is -2.50. The maximum atomic E-state index is 9.70. The monoisotopic (exact) mass is 197 g/mol. The molecule has 0 spiro atoms. The smallest absolute Gasteiger partial charge is 0.0570 e. The Morgan fingerprint density at radius 1 is 1.07 bits per heavy atom. The number of piperidine rings is 1. The quantitative estimate of drug-likeness (QED) is 0.732. The van der Waals surface area contributed by atoms with Gasteiger partial charge < -0.3 is 5.11 Å². The number of aliphatic hydroxyl groups excluding tert-OH is 1. The predicted molar refractivity (Wildman–Crippen MR) is 58.2 cm³/mol. The van der Waals surface area contributed by atoms with Gasteiger partial charge in [-0.25, -0.2) is 0 Å². The van der Waals surface area contributed by atoms with Crippen molar-refractivity contribution in [1.29, 1.82) is 0 Å². The SMILES string of the molecule is CC(C)C(C)N1C2CCC1CC(O)C2. The molecule has 2 fully saturated rings. The van der Waals surface area contributed by atoms with E-state index in [1.165, 1.54) is 12.8 Å². The lowest BCUT2D eigenvalue weighted by Gasteiger charge is -2.42. The summed E-state index contributed by atoms with van der Waals surface area (Å²) < 4.78 is 0. The standard InChI is InChI=1S/C12H23NO/c1-8(2)9(3)13-10-4-5-11(13)7-12(14)6-10/h8-12,14H,4-7H2,1-3H3. The maximum Gasteiger partial charge on any atom is 0.0570 e. The Bertz CT molecular complexity index is 190. The van der Waals surface area contributed by atoms with Crippen molar-refractivity contribution in [2.24, 2.45) is 5.92 Å². The van der Waals surface area contributed by atoms with Gasteiger partial charge in [0, 0.05) is 18.1 Å². The Hall–Kier alpha value is -0.0800. The van der Waals surface area contributed by atoms with Gasteiger partial charge >= 0.3 is 0 Å². The van der Waals surface area contributed by atoms with Crippen LogP contribution in [-0.4, -0.2) is 34.2 Å². The number of nitrogens with zero attached hydrogens (tertiary/aromatic N) is 1. The Kier molecular flexibility index (Phi) is 2.85. The van der Waals surface area contributed by atoms with Gasteiger partial charge in [0.15, 0.2) is 0 Å². The molecule has 2 rings (SSSR count). The van der Waals surface area contributed by atoms with Gasteiger partial charge in [-0.2, -0.15) is 0 Å². The fourth-order valence-electron chi connectivity index (χ4n) is 3.19. The fourth-order valence-corrected chi connectivity index (χ4v) is 3.19. The van der Waals surface area contributed by atoms with E-state index in [-0.39, 0.29) is 6.10 Å². The summed E-state index contributed by atoms with van der Waals surface area (Å²) in [6, 6.07) is 2.02. The molecule has 2 aliphatic heterocycles. The number of aliphatic hydroxyl groups is 1. The number of hydrogen-bond donors (Lipinski definition) is 1. The van der Waals surface area contributed by atoms with E-state index in [0.717, 1.165) is 18.8 Å². The second-order valence-electron chi connectivity index (χ2n) is 5.44. The first-order valence-corrected chi connectivity index (χ1v) is 6.05. The van der Waals surface area contributed by atoms with Crippen LogP contribution in [0, 0.1) is 5.92 Å². The van der Waals surface area contributed by atoms with E-state index in [1.807, 2.05) is 0 Å². The molecule has 0 aliphatic carbocycles. The maximum absolute atomic E-state index is 9.70. The summed E-state index contributed by atoms with van der Waals surface area (Å²) in [5, 5.41) is 9.70. The van der Waals surface area contributed by atoms with E-state index < -0.39 is 0 Å². The molecule has 1 N–H and O–H groups in total. The summed E-state index contributed by atoms with van der Waals surface area (Å²) in [7, 11) is 0. The highest BCUT2D eigenvalue weighted by Gasteiger charge is 2.42. The van der Waals surface area contributed by atoms with Crippen LogP contribution in [0.3, 0.4) is 0 Å². The summed E-state index contributed by atoms with van der Waals surface area (Å²) in [6.45, 7) is 6.94. The molecule has 2 saturated heterocycles. The molecule has 2 heteroatoms. The van der Waals surface area contributed by atoms with Crippen molar-refractivity contribution in [3.8, 4) is 0 Å². The molecule has 82 valence electrons. The van der Waals surface area contributed by atoms with Crippen LogP contribution in [-0.2, 0) is 0 Å². The molecule has 0 aromatic heterocycles. The lowest BCUT2D eigenvalue weighted by atomic mass is 9.94. The van der Waals surface area contributed by atoms with Crippen molar-refractivity contribution < 1.29 is 5.11 Å². The van der Waals surface area contributed by atoms with Crippen LogP contribution < -0.4 is 0 Å². The molecule has 2 bridgehead atoms. The highest BCUT2D eigenvalue weighted by molar-refractivity contribution is 4.97. The van der Waals surface area contributed by atoms with Gasteiger partial charge in [-0.3, -0.25) is 4.90 Å². The van der Waals surface area contributed by atoms with E-state index in [1.54, 1.807) is 0 Å². The Balaban J connectivity index is 2.07. The van der Waals surface area contributed by atoms with Crippen LogP contribution >= 0.6 is 0 Å². The largest absolute Gasteiger partial charge is 0.393 e. The third-order valence-electron chi connectivity index (χ3n) is 4.20. The Labute approximate surface area is 87.3 Å². The molecule has 0 amide bonds. The van der Waals surface area contributed by atoms with E-state index in [2.05, 4.69) is 25.7 Å². The van der Waals surface area contributed by atoms with Crippen LogP contribution in [0.2, 0.25) is 0 Å². The van der Waals surface area contributed by atoms with Crippen LogP contribution in [0.4, 0.5) is 0 Å². The van der Waals surface area contributed by atoms with Gasteiger partial charge in [-0.05, 0) is 38.5 Å². The van der Waals surface area contributed by atoms with Crippen LogP contribution in [0.25, 0.3) is 0 Å². The van der Waals surface area contributed by atoms with Crippen molar-refractivity contribution in [3.05, 3.63) is 0 Å². The van der Waals surface area contributed by atoms with Gasteiger partial charge in [0.2, 0.25) is 0 Å². The summed E-state index contributed by atoms with van der Waals surface area (Å²) in [6.07, 6.45) is 4.60. The molecule has 0 saturated carbocycles. The summed E-state index contributed by atoms with van der Waals surface area (Å²) >= 11 is 0. The van der Waals surface area contributed by atoms with E-state index in [0.29, 0.717) is 18.1 Å². The molecule has 0 aromatic carbocycles. The Morgan fingerprint density at radius 2 is 1.57 bits per heavy atom. The fraction of sp³-hybridized carbons (Fsp3) is 1.00. The summed E-state index contributed by atoms with van der Waals surface area (Å²) in [5.74, 6) is 0.730. The third kappa shape index (κ3) is 1.70. The highest BCUT2D eigenvalue weighted by atomic mass is 16.3. The molecular formula is C12H23NO. The van der Waals surface area contributed by atoms with Gasteiger partial charge in [0.05, 0.1) is 6.10 Å².